The molecule has 624 valence electrons. The number of benzene rings is 2. The van der Waals surface area contributed by atoms with Crippen LogP contribution in [0, 0.1) is 136 Å². The Morgan fingerprint density at radius 1 is 0.383 bits per heavy atom. The minimum absolute atomic E-state index is 0.00212. The van der Waals surface area contributed by atoms with Crippen LogP contribution in [0.15, 0.2) is 85.2 Å². The van der Waals surface area contributed by atoms with Crippen LogP contribution in [-0.2, 0) is 17.6 Å². The second kappa shape index (κ2) is 66.9. The number of unbranched alkanes of at least 4 members (excludes halogenated alkanes) is 1. The standard InChI is InChI=1S/C15H23NO2.C14H22.2C12H24.C12H18.C10H22.C10H20.C10H18.C9H20/c1-11(2)8-14(9-12(3)4)18-15(17)13-6-5-7-16-10-13;1-11(2)9-13-5-7-14(8-6-13)10-12(3)4;3*1-9(2)11-5-7-12(8-6-11)10(3)4;3*1-9(2)7-5-6-8-10(3)4;1-7(2)6-9(5)8(3)4/h5-7,10-12,14H,8-9H2,1-4H3;5-8,11-12H,9-10H2,1-4H3;2*9-12H,5-8H2,1-4H3;5-10H,1-4H3;9-10H,5-8H2,1-4H3;5-6,9-10H,7-8H2,1-4H3;9-10H,7-8H2,1-4H3;7-9H,6H2,1-5H3/b;;;;;;6-5+;;. The zero-order valence-corrected chi connectivity index (χ0v) is 79.1. The Bertz CT molecular complexity index is 2320. The molecule has 2 fully saturated rings. The molecule has 2 aromatic carbocycles. The molecule has 1 aromatic heterocycles. The lowest BCUT2D eigenvalue weighted by atomic mass is 9.73. The normalized spacial score (nSPS) is 16.1. The number of hydrogen-bond acceptors (Lipinski definition) is 3. The number of aromatic nitrogens is 1. The topological polar surface area (TPSA) is 39.2 Å². The van der Waals surface area contributed by atoms with E-state index < -0.39 is 0 Å². The van der Waals surface area contributed by atoms with Crippen molar-refractivity contribution in [1.29, 1.82) is 0 Å². The van der Waals surface area contributed by atoms with E-state index >= 15 is 0 Å². The van der Waals surface area contributed by atoms with Crippen LogP contribution in [0.3, 0.4) is 0 Å². The minimum Gasteiger partial charge on any atom is -0.459 e. The molecule has 107 heavy (non-hydrogen) atoms. The van der Waals surface area contributed by atoms with Crippen molar-refractivity contribution in [3.63, 3.8) is 0 Å². The van der Waals surface area contributed by atoms with Gasteiger partial charge in [0.2, 0.25) is 0 Å². The van der Waals surface area contributed by atoms with Gasteiger partial charge in [-0.05, 0) is 267 Å². The van der Waals surface area contributed by atoms with Crippen LogP contribution in [0.2, 0.25) is 0 Å². The first kappa shape index (κ1) is 110. The highest BCUT2D eigenvalue weighted by molar-refractivity contribution is 5.89. The quantitative estimate of drug-likeness (QED) is 0.0289. The maximum absolute atomic E-state index is 12.0. The first-order chi connectivity index (χ1) is 49.8. The zero-order valence-electron chi connectivity index (χ0n) is 79.1. The molecule has 1 unspecified atom stereocenters. The molecule has 0 bridgehead atoms. The largest absolute Gasteiger partial charge is 0.459 e. The SMILES string of the molecule is CC(C)C/C=C/CC(C)C.CC(C)C1CCC(C(C)C)CC1.CC(C)C1CCC(C(C)C)CC1.CC(C)CC#CCC(C)C.CC(C)CC(C)C(C)C.CC(C)CC(CC(C)C)OC(=O)c1cccnc1.CC(C)CCCCC(C)C.CC(C)Cc1ccc(CC(C)C)cc1.CC(C)c1ccc(C(C)C)cc1. The summed E-state index contributed by atoms with van der Waals surface area (Å²) in [5.74, 6) is 25.1. The van der Waals surface area contributed by atoms with Crippen molar-refractivity contribution in [2.45, 2.75) is 409 Å². The molecule has 3 aromatic rings. The van der Waals surface area contributed by atoms with Crippen LogP contribution >= 0.6 is 0 Å². The molecule has 0 amide bonds. The van der Waals surface area contributed by atoms with E-state index in [1.165, 1.54) is 131 Å². The number of nitrogens with zero attached hydrogens (tertiary/aromatic N) is 1. The van der Waals surface area contributed by atoms with Crippen LogP contribution in [-0.4, -0.2) is 17.1 Å². The number of allylic oxidation sites excluding steroid dienone is 2. The van der Waals surface area contributed by atoms with Crippen LogP contribution in [0.25, 0.3) is 0 Å². The third-order valence-corrected chi connectivity index (χ3v) is 20.9. The van der Waals surface area contributed by atoms with Gasteiger partial charge in [0, 0.05) is 25.2 Å². The number of hydrogen-bond donors (Lipinski definition) is 0. The third-order valence-electron chi connectivity index (χ3n) is 20.9. The third kappa shape index (κ3) is 70.0. The molecule has 0 saturated heterocycles. The molecular formula is C104H191NO2. The molecule has 1 atom stereocenters. The highest BCUT2D eigenvalue weighted by Gasteiger charge is 2.26. The molecule has 3 heteroatoms. The lowest BCUT2D eigenvalue weighted by Gasteiger charge is -2.32. The molecule has 2 saturated carbocycles. The summed E-state index contributed by atoms with van der Waals surface area (Å²) >= 11 is 0. The Morgan fingerprint density at radius 2 is 0.692 bits per heavy atom. The fourth-order valence-electron chi connectivity index (χ4n) is 13.3. The van der Waals surface area contributed by atoms with Gasteiger partial charge in [-0.3, -0.25) is 4.98 Å². The van der Waals surface area contributed by atoms with Gasteiger partial charge in [-0.15, -0.1) is 11.8 Å². The predicted molar refractivity (Wildman–Crippen MR) is 487 cm³/mol. The summed E-state index contributed by atoms with van der Waals surface area (Å²) in [4.78, 5) is 15.9. The van der Waals surface area contributed by atoms with E-state index in [-0.39, 0.29) is 12.1 Å². The van der Waals surface area contributed by atoms with E-state index in [1.807, 2.05) is 0 Å². The lowest BCUT2D eigenvalue weighted by molar-refractivity contribution is 0.0200. The van der Waals surface area contributed by atoms with Gasteiger partial charge in [0.25, 0.3) is 0 Å². The van der Waals surface area contributed by atoms with Gasteiger partial charge in [-0.25, -0.2) is 4.79 Å². The van der Waals surface area contributed by atoms with Gasteiger partial charge in [-0.1, -0.05) is 343 Å². The van der Waals surface area contributed by atoms with Crippen LogP contribution in [0.4, 0.5) is 0 Å². The van der Waals surface area contributed by atoms with Gasteiger partial charge in [0.05, 0.1) is 5.56 Å². The number of pyridine rings is 1. The Hall–Kier alpha value is -3.64. The minimum atomic E-state index is -0.269. The number of esters is 1. The second-order valence-corrected chi connectivity index (χ2v) is 40.0. The maximum atomic E-state index is 12.0. The maximum Gasteiger partial charge on any atom is 0.339 e. The van der Waals surface area contributed by atoms with E-state index in [4.69, 9.17) is 4.74 Å². The van der Waals surface area contributed by atoms with Crippen molar-refractivity contribution < 1.29 is 9.53 Å². The summed E-state index contributed by atoms with van der Waals surface area (Å²) in [7, 11) is 0. The fraction of sp³-hybridized carbons (Fsp3) is 0.788. The number of carbonyl (C=O) groups is 1. The average molecular weight is 1490 g/mol. The molecule has 0 spiro atoms. The first-order valence-electron chi connectivity index (χ1n) is 45.2. The molecule has 0 N–H and O–H groups in total. The van der Waals surface area contributed by atoms with E-state index in [0.29, 0.717) is 29.2 Å². The Morgan fingerprint density at radius 3 is 0.897 bits per heavy atom. The van der Waals surface area contributed by atoms with Gasteiger partial charge >= 0.3 is 5.97 Å². The molecule has 5 rings (SSSR count). The van der Waals surface area contributed by atoms with Crippen LogP contribution < -0.4 is 0 Å². The molecule has 2 aliphatic carbocycles. The van der Waals surface area contributed by atoms with Gasteiger partial charge in [-0.2, -0.15) is 0 Å². The molecule has 0 radical (unpaired) electrons. The lowest BCUT2D eigenvalue weighted by Crippen LogP contribution is -2.22. The zero-order chi connectivity index (χ0) is 82.9. The summed E-state index contributed by atoms with van der Waals surface area (Å²) in [5.41, 5.74) is 6.31. The molecule has 1 heterocycles. The van der Waals surface area contributed by atoms with Gasteiger partial charge in [0.15, 0.2) is 0 Å². The summed E-state index contributed by atoms with van der Waals surface area (Å²) in [6.07, 6.45) is 35.5. The van der Waals surface area contributed by atoms with Crippen LogP contribution in [0.1, 0.15) is 423 Å². The Balaban J connectivity index is -0.000000562. The number of ether oxygens (including phenoxy) is 1. The van der Waals surface area contributed by atoms with Crippen molar-refractivity contribution in [1.82, 2.24) is 4.98 Å². The van der Waals surface area contributed by atoms with Crippen molar-refractivity contribution in [3.8, 4) is 11.8 Å². The smallest absolute Gasteiger partial charge is 0.339 e. The molecular weight excluding hydrogens is 1300 g/mol. The second-order valence-electron chi connectivity index (χ2n) is 40.0. The highest BCUT2D eigenvalue weighted by atomic mass is 16.5. The van der Waals surface area contributed by atoms with E-state index in [9.17, 15) is 4.79 Å². The summed E-state index contributed by atoms with van der Waals surface area (Å²) in [5, 5.41) is 0. The van der Waals surface area contributed by atoms with Crippen molar-refractivity contribution in [2.24, 2.45) is 124 Å². The summed E-state index contributed by atoms with van der Waals surface area (Å²) in [6.45, 7) is 84.1. The summed E-state index contributed by atoms with van der Waals surface area (Å²) < 4.78 is 5.58. The fourth-order valence-corrected chi connectivity index (χ4v) is 13.3. The van der Waals surface area contributed by atoms with Crippen molar-refractivity contribution in [2.75, 3.05) is 0 Å². The number of carbonyl (C=O) groups excluding carboxylic acids is 1. The van der Waals surface area contributed by atoms with Gasteiger partial charge in [0.1, 0.15) is 6.10 Å². The first-order valence-corrected chi connectivity index (χ1v) is 45.2. The Labute approximate surface area is 674 Å². The van der Waals surface area contributed by atoms with Gasteiger partial charge < -0.3 is 4.74 Å². The monoisotopic (exact) mass is 1490 g/mol. The summed E-state index contributed by atoms with van der Waals surface area (Å²) in [6, 6.07) is 21.5. The number of rotatable bonds is 30. The highest BCUT2D eigenvalue weighted by Crippen LogP contribution is 2.38. The average Bonchev–Trinajstić information content (AvgIpc) is 0.908. The molecule has 2 aliphatic rings. The van der Waals surface area contributed by atoms with E-state index in [2.05, 4.69) is 334 Å². The predicted octanol–water partition coefficient (Wildman–Crippen LogP) is 33.8. The molecule has 3 nitrogen and oxygen atoms in total. The van der Waals surface area contributed by atoms with Crippen molar-refractivity contribution in [3.05, 3.63) is 113 Å². The Kier molecular flexibility index (Phi) is 68.6. The van der Waals surface area contributed by atoms with Crippen molar-refractivity contribution >= 4 is 5.97 Å². The van der Waals surface area contributed by atoms with E-state index in [0.717, 1.165) is 138 Å². The van der Waals surface area contributed by atoms with Crippen LogP contribution in [0.5, 0.6) is 0 Å². The molecule has 0 aliphatic heterocycles. The van der Waals surface area contributed by atoms with E-state index in [1.54, 1.807) is 24.5 Å².